The smallest absolute Gasteiger partial charge is 0.407 e. The summed E-state index contributed by atoms with van der Waals surface area (Å²) in [5.41, 5.74) is 4.54. The van der Waals surface area contributed by atoms with Gasteiger partial charge in [-0.1, -0.05) is 48.5 Å². The second kappa shape index (κ2) is 10.7. The first-order valence-corrected chi connectivity index (χ1v) is 11.2. The summed E-state index contributed by atoms with van der Waals surface area (Å²) in [4.78, 5) is 35.9. The number of fused-ring (bicyclic) bond motifs is 3. The van der Waals surface area contributed by atoms with Crippen LogP contribution in [0.1, 0.15) is 29.9 Å². The summed E-state index contributed by atoms with van der Waals surface area (Å²) in [6, 6.07) is 15.6. The molecule has 1 fully saturated rings. The number of benzene rings is 2. The lowest BCUT2D eigenvalue weighted by Gasteiger charge is -2.20. The molecule has 2 aromatic rings. The van der Waals surface area contributed by atoms with E-state index in [1.807, 2.05) is 36.4 Å². The number of carboxylic acids is 1. The lowest BCUT2D eigenvalue weighted by atomic mass is 9.98. The van der Waals surface area contributed by atoms with Crippen molar-refractivity contribution >= 4 is 18.0 Å². The molecule has 1 saturated heterocycles. The van der Waals surface area contributed by atoms with Gasteiger partial charge in [0.2, 0.25) is 5.91 Å². The number of hydrogen-bond acceptors (Lipinski definition) is 6. The van der Waals surface area contributed by atoms with Gasteiger partial charge >= 0.3 is 12.1 Å². The van der Waals surface area contributed by atoms with Crippen LogP contribution < -0.4 is 10.6 Å². The number of alkyl carbamates (subject to hydrolysis) is 1. The monoisotopic (exact) mass is 468 g/mol. The third kappa shape index (κ3) is 5.21. The molecule has 1 heterocycles. The summed E-state index contributed by atoms with van der Waals surface area (Å²) in [5.74, 6) is -1.52. The van der Waals surface area contributed by atoms with Crippen LogP contribution in [-0.2, 0) is 23.8 Å². The fraction of sp³-hybridized carbons (Fsp3) is 0.400. The Bertz CT molecular complexity index is 1010. The molecule has 180 valence electrons. The zero-order chi connectivity index (χ0) is 24.1. The first kappa shape index (κ1) is 23.7. The Kier molecular flexibility index (Phi) is 7.44. The van der Waals surface area contributed by atoms with Crippen LogP contribution in [0.25, 0.3) is 11.1 Å². The Hall–Kier alpha value is -3.43. The van der Waals surface area contributed by atoms with Gasteiger partial charge in [-0.25, -0.2) is 9.59 Å². The maximum absolute atomic E-state index is 12.4. The first-order valence-electron chi connectivity index (χ1n) is 11.2. The second-order valence-corrected chi connectivity index (χ2v) is 8.36. The molecule has 0 bridgehead atoms. The molecule has 34 heavy (non-hydrogen) atoms. The highest BCUT2D eigenvalue weighted by molar-refractivity contribution is 5.80. The van der Waals surface area contributed by atoms with E-state index >= 15 is 0 Å². The standard InChI is InChI=1S/C25H28N2O7/c1-32-15(12-22(28)27-21-10-11-33-23(21)24(29)30)13-26-25(31)34-14-20-18-8-4-2-6-16(18)17-7-3-5-9-19(17)20/h2-9,15,20-21,23H,10-14H2,1H3,(H,26,31)(H,27,28)(H,29,30). The highest BCUT2D eigenvalue weighted by Crippen LogP contribution is 2.44. The molecule has 0 aromatic heterocycles. The minimum absolute atomic E-state index is 0.0387. The van der Waals surface area contributed by atoms with E-state index < -0.39 is 30.3 Å². The topological polar surface area (TPSA) is 123 Å². The van der Waals surface area contributed by atoms with Crippen LogP contribution in [0.2, 0.25) is 0 Å². The van der Waals surface area contributed by atoms with Crippen molar-refractivity contribution in [3.05, 3.63) is 59.7 Å². The third-order valence-corrected chi connectivity index (χ3v) is 6.25. The van der Waals surface area contributed by atoms with Gasteiger partial charge in [0.25, 0.3) is 0 Å². The van der Waals surface area contributed by atoms with E-state index in [1.165, 1.54) is 7.11 Å². The molecule has 3 N–H and O–H groups in total. The van der Waals surface area contributed by atoms with Crippen molar-refractivity contribution in [1.82, 2.24) is 10.6 Å². The van der Waals surface area contributed by atoms with Gasteiger partial charge in [0, 0.05) is 26.2 Å². The summed E-state index contributed by atoms with van der Waals surface area (Å²) < 4.78 is 15.9. The summed E-state index contributed by atoms with van der Waals surface area (Å²) in [6.45, 7) is 0.541. The molecule has 0 radical (unpaired) electrons. The van der Waals surface area contributed by atoms with E-state index in [2.05, 4.69) is 22.8 Å². The van der Waals surface area contributed by atoms with Crippen LogP contribution >= 0.6 is 0 Å². The van der Waals surface area contributed by atoms with E-state index in [4.69, 9.17) is 19.3 Å². The van der Waals surface area contributed by atoms with E-state index in [0.29, 0.717) is 6.42 Å². The number of aliphatic carboxylic acids is 1. The maximum Gasteiger partial charge on any atom is 0.407 e. The van der Waals surface area contributed by atoms with E-state index in [0.717, 1.165) is 22.3 Å². The number of rotatable bonds is 9. The van der Waals surface area contributed by atoms with E-state index in [-0.39, 0.29) is 38.0 Å². The van der Waals surface area contributed by atoms with Crippen molar-refractivity contribution in [2.45, 2.75) is 37.0 Å². The zero-order valence-corrected chi connectivity index (χ0v) is 18.9. The van der Waals surface area contributed by atoms with Crippen LogP contribution in [0.5, 0.6) is 0 Å². The van der Waals surface area contributed by atoms with Crippen molar-refractivity contribution in [2.24, 2.45) is 0 Å². The molecule has 1 aliphatic heterocycles. The molecular formula is C25H28N2O7. The van der Waals surface area contributed by atoms with Crippen molar-refractivity contribution in [1.29, 1.82) is 0 Å². The molecule has 9 nitrogen and oxygen atoms in total. The summed E-state index contributed by atoms with van der Waals surface area (Å²) in [6.07, 6.45) is -1.85. The van der Waals surface area contributed by atoms with E-state index in [1.54, 1.807) is 0 Å². The van der Waals surface area contributed by atoms with Crippen molar-refractivity contribution in [3.63, 3.8) is 0 Å². The predicted molar refractivity (Wildman–Crippen MR) is 122 cm³/mol. The molecule has 3 atom stereocenters. The molecule has 9 heteroatoms. The molecule has 3 unspecified atom stereocenters. The number of hydrogen-bond donors (Lipinski definition) is 3. The van der Waals surface area contributed by atoms with Gasteiger partial charge in [0.05, 0.1) is 18.6 Å². The molecule has 4 rings (SSSR count). The van der Waals surface area contributed by atoms with Gasteiger partial charge < -0.3 is 30.0 Å². The molecular weight excluding hydrogens is 440 g/mol. The van der Waals surface area contributed by atoms with Crippen molar-refractivity contribution in [2.75, 3.05) is 26.9 Å². The average Bonchev–Trinajstić information content (AvgIpc) is 3.43. The molecule has 0 saturated carbocycles. The largest absolute Gasteiger partial charge is 0.479 e. The normalized spacial score (nSPS) is 19.7. The molecule has 0 spiro atoms. The van der Waals surface area contributed by atoms with E-state index in [9.17, 15) is 14.4 Å². The van der Waals surface area contributed by atoms with Gasteiger partial charge in [-0.15, -0.1) is 0 Å². The average molecular weight is 469 g/mol. The van der Waals surface area contributed by atoms with Crippen LogP contribution in [0.15, 0.2) is 48.5 Å². The van der Waals surface area contributed by atoms with Crippen LogP contribution in [0.4, 0.5) is 4.79 Å². The summed E-state index contributed by atoms with van der Waals surface area (Å²) in [7, 11) is 1.44. The molecule has 2 aromatic carbocycles. The zero-order valence-electron chi connectivity index (χ0n) is 18.9. The number of carbonyl (C=O) groups excluding carboxylic acids is 2. The SMILES string of the molecule is COC(CNC(=O)OCC1c2ccccc2-c2ccccc21)CC(=O)NC1CCOC1C(=O)O. The number of amides is 2. The van der Waals surface area contributed by atoms with Gasteiger partial charge in [-0.2, -0.15) is 0 Å². The third-order valence-electron chi connectivity index (χ3n) is 6.25. The van der Waals surface area contributed by atoms with Gasteiger partial charge in [0.1, 0.15) is 6.61 Å². The van der Waals surface area contributed by atoms with Gasteiger partial charge in [-0.3, -0.25) is 4.79 Å². The lowest BCUT2D eigenvalue weighted by molar-refractivity contribution is -0.148. The van der Waals surface area contributed by atoms with Crippen molar-refractivity contribution in [3.8, 4) is 11.1 Å². The highest BCUT2D eigenvalue weighted by Gasteiger charge is 2.35. The molecule has 1 aliphatic carbocycles. The van der Waals surface area contributed by atoms with Crippen LogP contribution in [0.3, 0.4) is 0 Å². The summed E-state index contributed by atoms with van der Waals surface area (Å²) >= 11 is 0. The molecule has 2 aliphatic rings. The predicted octanol–water partition coefficient (Wildman–Crippen LogP) is 2.29. The minimum atomic E-state index is -1.11. The Morgan fingerprint density at radius 2 is 1.74 bits per heavy atom. The fourth-order valence-electron chi connectivity index (χ4n) is 4.54. The second-order valence-electron chi connectivity index (χ2n) is 8.36. The number of ether oxygens (including phenoxy) is 3. The Balaban J connectivity index is 1.26. The van der Waals surface area contributed by atoms with Crippen LogP contribution in [-0.4, -0.2) is 68.2 Å². The quantitative estimate of drug-likeness (QED) is 0.516. The number of methoxy groups -OCH3 is 1. The first-order chi connectivity index (χ1) is 16.5. The molecule has 2 amide bonds. The summed E-state index contributed by atoms with van der Waals surface area (Å²) in [5, 5.41) is 14.5. The van der Waals surface area contributed by atoms with Gasteiger partial charge in [-0.05, 0) is 28.7 Å². The minimum Gasteiger partial charge on any atom is -0.479 e. The van der Waals surface area contributed by atoms with Crippen LogP contribution in [0, 0.1) is 0 Å². The maximum atomic E-state index is 12.4. The Labute approximate surface area is 197 Å². The number of carbonyl (C=O) groups is 3. The Morgan fingerprint density at radius 1 is 1.09 bits per heavy atom. The number of nitrogens with one attached hydrogen (secondary N) is 2. The Morgan fingerprint density at radius 3 is 2.35 bits per heavy atom. The fourth-order valence-corrected chi connectivity index (χ4v) is 4.54. The number of carboxylic acid groups (broad SMARTS) is 1. The van der Waals surface area contributed by atoms with Gasteiger partial charge in [0.15, 0.2) is 6.10 Å². The van der Waals surface area contributed by atoms with Crippen molar-refractivity contribution < 1.29 is 33.7 Å². The lowest BCUT2D eigenvalue weighted by Crippen LogP contribution is -2.46. The highest BCUT2D eigenvalue weighted by atomic mass is 16.5.